The summed E-state index contributed by atoms with van der Waals surface area (Å²) in [6.07, 6.45) is 0. The average molecular weight is 178 g/mol. The zero-order chi connectivity index (χ0) is 9.42. The number of halogens is 1. The van der Waals surface area contributed by atoms with Gasteiger partial charge in [-0.1, -0.05) is 0 Å². The number of fused-ring (bicyclic) bond motifs is 1. The van der Waals surface area contributed by atoms with Gasteiger partial charge in [-0.15, -0.1) is 0 Å². The quantitative estimate of drug-likeness (QED) is 0.485. The molecule has 0 saturated heterocycles. The van der Waals surface area contributed by atoms with Crippen molar-refractivity contribution < 1.29 is 14.0 Å². The van der Waals surface area contributed by atoms with Gasteiger partial charge in [0, 0.05) is 6.07 Å². The first-order valence-electron chi connectivity index (χ1n) is 3.48. The second-order valence-electron chi connectivity index (χ2n) is 2.47. The molecular weight excluding hydrogens is 175 g/mol. The van der Waals surface area contributed by atoms with E-state index in [0.717, 1.165) is 12.1 Å². The second-order valence-corrected chi connectivity index (χ2v) is 2.47. The molecule has 4 nitrogen and oxygen atoms in total. The first kappa shape index (κ1) is 7.72. The summed E-state index contributed by atoms with van der Waals surface area (Å²) in [4.78, 5) is 28.3. The molecule has 0 atom stereocenters. The van der Waals surface area contributed by atoms with Crippen molar-refractivity contribution in [3.05, 3.63) is 34.7 Å². The highest BCUT2D eigenvalue weighted by Gasteiger charge is 2.14. The molecule has 0 saturated carbocycles. The van der Waals surface area contributed by atoms with Gasteiger partial charge in [-0.2, -0.15) is 0 Å². The van der Waals surface area contributed by atoms with E-state index < -0.39 is 17.6 Å². The highest BCUT2D eigenvalue weighted by Crippen LogP contribution is 1.89. The third kappa shape index (κ3) is 1.24. The molecule has 0 unspecified atom stereocenters. The third-order valence-electron chi connectivity index (χ3n) is 1.56. The molecule has 2 rings (SSSR count). The zero-order valence-corrected chi connectivity index (χ0v) is 6.32. The van der Waals surface area contributed by atoms with Crippen molar-refractivity contribution in [3.8, 4) is 0 Å². The Kier molecular flexibility index (Phi) is 1.51. The van der Waals surface area contributed by atoms with E-state index in [1.54, 1.807) is 0 Å². The molecule has 0 bridgehead atoms. The number of rotatable bonds is 0. The Hall–Kier alpha value is -1.91. The van der Waals surface area contributed by atoms with Crippen LogP contribution in [0.2, 0.25) is 0 Å². The first-order valence-corrected chi connectivity index (χ1v) is 3.48. The number of hydrogen-bond donors (Lipinski definition) is 0. The largest absolute Gasteiger partial charge is 0.338 e. The molecule has 0 aliphatic carbocycles. The monoisotopic (exact) mass is 178 g/mol. The standard InChI is InChI=1S/C8H3FN2O2/c9-4-1-2-5-6(3-4)11-8(13)7(12)10-5/h1-3H. The summed E-state index contributed by atoms with van der Waals surface area (Å²) in [5, 5.41) is 0.329. The summed E-state index contributed by atoms with van der Waals surface area (Å²) in [5.41, 5.74) is 0. The highest BCUT2D eigenvalue weighted by atomic mass is 19.1. The minimum absolute atomic E-state index is 0.101. The fourth-order valence-electron chi connectivity index (χ4n) is 0.995. The summed E-state index contributed by atoms with van der Waals surface area (Å²) in [5.74, 6) is -2.39. The zero-order valence-electron chi connectivity index (χ0n) is 6.32. The molecule has 5 heteroatoms. The fraction of sp³-hybridized carbons (Fsp3) is 0. The van der Waals surface area contributed by atoms with E-state index in [1.165, 1.54) is 6.07 Å². The molecule has 1 aromatic carbocycles. The SMILES string of the molecule is O=C1N=c2ccc(F)cc2=NC1=O. The van der Waals surface area contributed by atoms with Crippen molar-refractivity contribution in [1.29, 1.82) is 0 Å². The molecule has 0 aromatic heterocycles. The smallest absolute Gasteiger partial charge is 0.261 e. The Balaban J connectivity index is 2.85. The van der Waals surface area contributed by atoms with Gasteiger partial charge in [0.1, 0.15) is 5.82 Å². The van der Waals surface area contributed by atoms with Gasteiger partial charge in [-0.05, 0) is 12.1 Å². The van der Waals surface area contributed by atoms with Crippen LogP contribution < -0.4 is 10.7 Å². The second kappa shape index (κ2) is 2.55. The van der Waals surface area contributed by atoms with Gasteiger partial charge >= 0.3 is 11.8 Å². The van der Waals surface area contributed by atoms with Gasteiger partial charge < -0.3 is 0 Å². The number of carbonyl (C=O) groups is 2. The van der Waals surface area contributed by atoms with E-state index in [-0.39, 0.29) is 10.7 Å². The topological polar surface area (TPSA) is 58.9 Å². The summed E-state index contributed by atoms with van der Waals surface area (Å²) in [6, 6.07) is 3.52. The maximum atomic E-state index is 12.6. The van der Waals surface area contributed by atoms with Crippen LogP contribution in [0.5, 0.6) is 0 Å². The van der Waals surface area contributed by atoms with Gasteiger partial charge in [-0.25, -0.2) is 14.4 Å². The summed E-state index contributed by atoms with van der Waals surface area (Å²) >= 11 is 0. The number of carbonyl (C=O) groups excluding carboxylic acids is 2. The van der Waals surface area contributed by atoms with Crippen LogP contribution in [0.15, 0.2) is 28.2 Å². The summed E-state index contributed by atoms with van der Waals surface area (Å²) in [7, 11) is 0. The fourth-order valence-corrected chi connectivity index (χ4v) is 0.995. The van der Waals surface area contributed by atoms with Gasteiger partial charge in [0.05, 0.1) is 10.7 Å². The maximum absolute atomic E-state index is 12.6. The molecular formula is C8H3FN2O2. The van der Waals surface area contributed by atoms with Crippen LogP contribution in [0.25, 0.3) is 0 Å². The van der Waals surface area contributed by atoms with Gasteiger partial charge in [0.2, 0.25) is 0 Å². The van der Waals surface area contributed by atoms with Crippen molar-refractivity contribution in [3.63, 3.8) is 0 Å². The lowest BCUT2D eigenvalue weighted by atomic mass is 10.3. The van der Waals surface area contributed by atoms with Crippen LogP contribution in [0, 0.1) is 5.82 Å². The van der Waals surface area contributed by atoms with Crippen LogP contribution in [0.3, 0.4) is 0 Å². The predicted molar refractivity (Wildman–Crippen MR) is 38.7 cm³/mol. The third-order valence-corrected chi connectivity index (χ3v) is 1.56. The minimum atomic E-state index is -0.960. The number of hydrogen-bond acceptors (Lipinski definition) is 2. The Morgan fingerprint density at radius 3 is 2.31 bits per heavy atom. The number of benzene rings is 1. The molecule has 64 valence electrons. The Bertz CT molecular complexity index is 521. The Morgan fingerprint density at radius 1 is 1.00 bits per heavy atom. The van der Waals surface area contributed by atoms with Crippen LogP contribution in [-0.4, -0.2) is 11.8 Å². The van der Waals surface area contributed by atoms with E-state index in [2.05, 4.69) is 9.98 Å². The maximum Gasteiger partial charge on any atom is 0.338 e. The average Bonchev–Trinajstić information content (AvgIpc) is 2.08. The van der Waals surface area contributed by atoms with Crippen molar-refractivity contribution >= 4 is 11.8 Å². The lowest BCUT2D eigenvalue weighted by Gasteiger charge is -1.95. The molecule has 0 fully saturated rings. The van der Waals surface area contributed by atoms with E-state index in [0.29, 0.717) is 0 Å². The first-order chi connectivity index (χ1) is 6.16. The molecule has 0 N–H and O–H groups in total. The van der Waals surface area contributed by atoms with Crippen LogP contribution in [0.1, 0.15) is 0 Å². The van der Waals surface area contributed by atoms with Gasteiger partial charge in [0.25, 0.3) is 0 Å². The molecule has 1 aliphatic heterocycles. The summed E-state index contributed by atoms with van der Waals surface area (Å²) < 4.78 is 12.6. The number of amides is 2. The lowest BCUT2D eigenvalue weighted by molar-refractivity contribution is -0.135. The minimum Gasteiger partial charge on any atom is -0.261 e. The molecule has 13 heavy (non-hydrogen) atoms. The van der Waals surface area contributed by atoms with Gasteiger partial charge in [0.15, 0.2) is 0 Å². The molecule has 1 aromatic rings. The highest BCUT2D eigenvalue weighted by molar-refractivity contribution is 6.36. The van der Waals surface area contributed by atoms with Crippen molar-refractivity contribution in [2.45, 2.75) is 0 Å². The molecule has 2 amide bonds. The number of nitrogens with zero attached hydrogens (tertiary/aromatic N) is 2. The lowest BCUT2D eigenvalue weighted by Crippen LogP contribution is -2.34. The summed E-state index contributed by atoms with van der Waals surface area (Å²) in [6.45, 7) is 0. The molecule has 0 radical (unpaired) electrons. The predicted octanol–water partition coefficient (Wildman–Crippen LogP) is -0.868. The van der Waals surface area contributed by atoms with E-state index in [9.17, 15) is 14.0 Å². The van der Waals surface area contributed by atoms with E-state index in [1.807, 2.05) is 0 Å². The van der Waals surface area contributed by atoms with E-state index >= 15 is 0 Å². The van der Waals surface area contributed by atoms with Crippen molar-refractivity contribution in [2.75, 3.05) is 0 Å². The molecule has 1 heterocycles. The normalized spacial score (nSPS) is 14.5. The Labute approximate surface area is 71.4 Å². The van der Waals surface area contributed by atoms with Crippen LogP contribution in [0.4, 0.5) is 4.39 Å². The Morgan fingerprint density at radius 2 is 1.62 bits per heavy atom. The van der Waals surface area contributed by atoms with E-state index in [4.69, 9.17) is 0 Å². The van der Waals surface area contributed by atoms with Crippen molar-refractivity contribution in [2.24, 2.45) is 9.98 Å². The van der Waals surface area contributed by atoms with Crippen molar-refractivity contribution in [1.82, 2.24) is 0 Å². The van der Waals surface area contributed by atoms with Crippen LogP contribution >= 0.6 is 0 Å². The molecule has 1 aliphatic rings. The van der Waals surface area contributed by atoms with Crippen LogP contribution in [-0.2, 0) is 9.59 Å². The van der Waals surface area contributed by atoms with Gasteiger partial charge in [-0.3, -0.25) is 9.59 Å². The molecule has 0 spiro atoms.